The van der Waals surface area contributed by atoms with E-state index in [0.29, 0.717) is 5.92 Å². The van der Waals surface area contributed by atoms with Crippen molar-refractivity contribution in [2.45, 2.75) is 31.8 Å². The molecule has 17 heavy (non-hydrogen) atoms. The summed E-state index contributed by atoms with van der Waals surface area (Å²) in [6.45, 7) is 0.916. The van der Waals surface area contributed by atoms with E-state index in [9.17, 15) is 5.11 Å². The lowest BCUT2D eigenvalue weighted by Crippen LogP contribution is -2.25. The topological polar surface area (TPSA) is 58.3 Å². The summed E-state index contributed by atoms with van der Waals surface area (Å²) in [5, 5.41) is 13.0. The number of anilines is 2. The normalized spacial score (nSPS) is 24.6. The Kier molecular flexibility index (Phi) is 4.29. The zero-order valence-corrected chi connectivity index (χ0v) is 11.4. The summed E-state index contributed by atoms with van der Waals surface area (Å²) in [4.78, 5) is 0. The Morgan fingerprint density at radius 2 is 2.24 bits per heavy atom. The van der Waals surface area contributed by atoms with E-state index in [-0.39, 0.29) is 6.10 Å². The summed E-state index contributed by atoms with van der Waals surface area (Å²) in [6, 6.07) is 5.78. The van der Waals surface area contributed by atoms with E-state index in [2.05, 4.69) is 21.2 Å². The van der Waals surface area contributed by atoms with E-state index in [1.807, 2.05) is 18.2 Å². The van der Waals surface area contributed by atoms with Crippen molar-refractivity contribution in [1.29, 1.82) is 0 Å². The van der Waals surface area contributed by atoms with Crippen LogP contribution in [0.4, 0.5) is 11.4 Å². The van der Waals surface area contributed by atoms with Gasteiger partial charge in [0.1, 0.15) is 0 Å². The third kappa shape index (κ3) is 3.61. The molecule has 0 amide bonds. The van der Waals surface area contributed by atoms with Gasteiger partial charge in [0, 0.05) is 22.4 Å². The number of benzene rings is 1. The second kappa shape index (κ2) is 5.74. The Bertz CT molecular complexity index is 384. The van der Waals surface area contributed by atoms with Crippen LogP contribution in [0.15, 0.2) is 22.7 Å². The van der Waals surface area contributed by atoms with Crippen molar-refractivity contribution in [2.75, 3.05) is 17.6 Å². The minimum atomic E-state index is -0.106. The number of hydrogen-bond acceptors (Lipinski definition) is 3. The van der Waals surface area contributed by atoms with Gasteiger partial charge in [-0.1, -0.05) is 6.42 Å². The van der Waals surface area contributed by atoms with Gasteiger partial charge in [0.05, 0.1) is 6.10 Å². The first kappa shape index (κ1) is 12.7. The van der Waals surface area contributed by atoms with E-state index in [4.69, 9.17) is 5.73 Å². The minimum absolute atomic E-state index is 0.106. The van der Waals surface area contributed by atoms with E-state index < -0.39 is 0 Å². The third-order valence-electron chi connectivity index (χ3n) is 3.33. The molecule has 2 unspecified atom stereocenters. The fraction of sp³-hybridized carbons (Fsp3) is 0.538. The van der Waals surface area contributed by atoms with Crippen LogP contribution < -0.4 is 11.1 Å². The molecule has 94 valence electrons. The third-order valence-corrected chi connectivity index (χ3v) is 3.99. The van der Waals surface area contributed by atoms with Crippen LogP contribution in [0.5, 0.6) is 0 Å². The molecule has 1 aliphatic carbocycles. The van der Waals surface area contributed by atoms with Crippen LogP contribution in [0.2, 0.25) is 0 Å². The second-order valence-corrected chi connectivity index (χ2v) is 5.66. The van der Waals surface area contributed by atoms with Gasteiger partial charge in [-0.3, -0.25) is 0 Å². The summed E-state index contributed by atoms with van der Waals surface area (Å²) >= 11 is 3.49. The van der Waals surface area contributed by atoms with Crippen LogP contribution in [0.1, 0.15) is 25.7 Å². The number of rotatable bonds is 3. The molecular weight excluding hydrogens is 280 g/mol. The molecule has 0 aromatic heterocycles. The predicted octanol–water partition coefficient (Wildman–Crippen LogP) is 2.99. The SMILES string of the molecule is Nc1ccc(NCC2CCCC(O)C2)c(Br)c1. The summed E-state index contributed by atoms with van der Waals surface area (Å²) in [6.07, 6.45) is 4.11. The minimum Gasteiger partial charge on any atom is -0.399 e. The van der Waals surface area contributed by atoms with E-state index in [0.717, 1.165) is 41.7 Å². The number of nitrogens with one attached hydrogen (secondary N) is 1. The van der Waals surface area contributed by atoms with Gasteiger partial charge in [0.25, 0.3) is 0 Å². The molecule has 1 saturated carbocycles. The fourth-order valence-electron chi connectivity index (χ4n) is 2.38. The Morgan fingerprint density at radius 3 is 2.94 bits per heavy atom. The van der Waals surface area contributed by atoms with Crippen molar-refractivity contribution in [2.24, 2.45) is 5.92 Å². The van der Waals surface area contributed by atoms with Gasteiger partial charge >= 0.3 is 0 Å². The summed E-state index contributed by atoms with van der Waals surface area (Å²) in [7, 11) is 0. The lowest BCUT2D eigenvalue weighted by Gasteiger charge is -2.26. The van der Waals surface area contributed by atoms with Crippen molar-refractivity contribution in [1.82, 2.24) is 0 Å². The predicted molar refractivity (Wildman–Crippen MR) is 75.0 cm³/mol. The average molecular weight is 299 g/mol. The molecule has 3 nitrogen and oxygen atoms in total. The Balaban J connectivity index is 1.88. The van der Waals surface area contributed by atoms with Gasteiger partial charge in [-0.15, -0.1) is 0 Å². The van der Waals surface area contributed by atoms with Gasteiger partial charge in [0.2, 0.25) is 0 Å². The Morgan fingerprint density at radius 1 is 1.41 bits per heavy atom. The Labute approximate surface area is 111 Å². The highest BCUT2D eigenvalue weighted by Crippen LogP contribution is 2.28. The van der Waals surface area contributed by atoms with Crippen LogP contribution in [-0.4, -0.2) is 17.8 Å². The van der Waals surface area contributed by atoms with Crippen molar-refractivity contribution < 1.29 is 5.11 Å². The quantitative estimate of drug-likeness (QED) is 0.752. The van der Waals surface area contributed by atoms with Crippen molar-refractivity contribution >= 4 is 27.3 Å². The summed E-state index contributed by atoms with van der Waals surface area (Å²) in [5.41, 5.74) is 7.52. The second-order valence-electron chi connectivity index (χ2n) is 4.81. The number of aliphatic hydroxyl groups is 1. The molecule has 0 radical (unpaired) electrons. The van der Waals surface area contributed by atoms with Gasteiger partial charge in [0.15, 0.2) is 0 Å². The van der Waals surface area contributed by atoms with Crippen molar-refractivity contribution in [3.8, 4) is 0 Å². The molecule has 1 aliphatic rings. The lowest BCUT2D eigenvalue weighted by molar-refractivity contribution is 0.105. The summed E-state index contributed by atoms with van der Waals surface area (Å²) < 4.78 is 0.994. The molecule has 0 saturated heterocycles. The average Bonchev–Trinajstić information content (AvgIpc) is 2.28. The van der Waals surface area contributed by atoms with Crippen molar-refractivity contribution in [3.05, 3.63) is 22.7 Å². The van der Waals surface area contributed by atoms with Gasteiger partial charge in [-0.05, 0) is 59.3 Å². The highest BCUT2D eigenvalue weighted by atomic mass is 79.9. The van der Waals surface area contributed by atoms with Crippen LogP contribution in [-0.2, 0) is 0 Å². The molecule has 1 aromatic rings. The number of nitrogens with two attached hydrogens (primary N) is 1. The molecule has 1 fully saturated rings. The van der Waals surface area contributed by atoms with Crippen LogP contribution in [0.3, 0.4) is 0 Å². The fourth-order valence-corrected chi connectivity index (χ4v) is 2.91. The first-order valence-electron chi connectivity index (χ1n) is 6.12. The maximum atomic E-state index is 9.61. The number of halogens is 1. The smallest absolute Gasteiger partial charge is 0.0543 e. The number of hydrogen-bond donors (Lipinski definition) is 3. The summed E-state index contributed by atoms with van der Waals surface area (Å²) in [5.74, 6) is 0.572. The molecule has 2 atom stereocenters. The van der Waals surface area contributed by atoms with E-state index in [1.54, 1.807) is 0 Å². The molecule has 0 aliphatic heterocycles. The molecule has 2 rings (SSSR count). The standard InChI is InChI=1S/C13H19BrN2O/c14-12-7-10(15)4-5-13(12)16-8-9-2-1-3-11(17)6-9/h4-5,7,9,11,16-17H,1-3,6,8,15H2. The maximum absolute atomic E-state index is 9.61. The van der Waals surface area contributed by atoms with Gasteiger partial charge < -0.3 is 16.2 Å². The first-order chi connectivity index (χ1) is 8.15. The van der Waals surface area contributed by atoms with E-state index >= 15 is 0 Å². The van der Waals surface area contributed by atoms with Crippen LogP contribution >= 0.6 is 15.9 Å². The molecule has 4 N–H and O–H groups in total. The molecule has 4 heteroatoms. The van der Waals surface area contributed by atoms with E-state index in [1.165, 1.54) is 6.42 Å². The largest absolute Gasteiger partial charge is 0.399 e. The maximum Gasteiger partial charge on any atom is 0.0543 e. The number of nitrogen functional groups attached to an aromatic ring is 1. The molecule has 0 spiro atoms. The van der Waals surface area contributed by atoms with Crippen molar-refractivity contribution in [3.63, 3.8) is 0 Å². The Hall–Kier alpha value is -0.740. The first-order valence-corrected chi connectivity index (χ1v) is 6.91. The monoisotopic (exact) mass is 298 g/mol. The van der Waals surface area contributed by atoms with Crippen LogP contribution in [0, 0.1) is 5.92 Å². The lowest BCUT2D eigenvalue weighted by atomic mass is 9.87. The zero-order valence-electron chi connectivity index (χ0n) is 9.82. The molecular formula is C13H19BrN2O. The highest BCUT2D eigenvalue weighted by Gasteiger charge is 2.19. The molecule has 0 bridgehead atoms. The zero-order chi connectivity index (χ0) is 12.3. The van der Waals surface area contributed by atoms with Gasteiger partial charge in [-0.25, -0.2) is 0 Å². The molecule has 0 heterocycles. The highest BCUT2D eigenvalue weighted by molar-refractivity contribution is 9.10. The van der Waals surface area contributed by atoms with Gasteiger partial charge in [-0.2, -0.15) is 0 Å². The molecule has 1 aromatic carbocycles. The van der Waals surface area contributed by atoms with Crippen LogP contribution in [0.25, 0.3) is 0 Å². The number of aliphatic hydroxyl groups excluding tert-OH is 1.